The van der Waals surface area contributed by atoms with Crippen LogP contribution in [0.1, 0.15) is 5.56 Å². The highest BCUT2D eigenvalue weighted by atomic mass is 127. The van der Waals surface area contributed by atoms with Gasteiger partial charge in [-0.25, -0.2) is 0 Å². The normalized spacial score (nSPS) is 10.7. The average Bonchev–Trinajstić information content (AvgIpc) is 2.92. The van der Waals surface area contributed by atoms with Crippen molar-refractivity contribution in [1.82, 2.24) is 10.1 Å². The van der Waals surface area contributed by atoms with Gasteiger partial charge in [0.05, 0.1) is 5.56 Å². The van der Waals surface area contributed by atoms with E-state index in [2.05, 4.69) is 32.7 Å². The number of hydrogen-bond acceptors (Lipinski definition) is 4. The summed E-state index contributed by atoms with van der Waals surface area (Å²) in [7, 11) is 0. The molecule has 3 aromatic rings. The van der Waals surface area contributed by atoms with E-state index in [9.17, 15) is 0 Å². The first-order valence-electron chi connectivity index (χ1n) is 6.09. The average molecular weight is 377 g/mol. The monoisotopic (exact) mass is 377 g/mol. The highest BCUT2D eigenvalue weighted by Crippen LogP contribution is 2.28. The SMILES string of the molecule is Cc1ccc(-c2noc(-c3cc(I)ccc3N)n2)cc1. The summed E-state index contributed by atoms with van der Waals surface area (Å²) in [5.41, 5.74) is 9.47. The zero-order chi connectivity index (χ0) is 14.1. The largest absolute Gasteiger partial charge is 0.398 e. The van der Waals surface area contributed by atoms with E-state index in [-0.39, 0.29) is 0 Å². The van der Waals surface area contributed by atoms with Crippen LogP contribution in [0.5, 0.6) is 0 Å². The van der Waals surface area contributed by atoms with Gasteiger partial charge < -0.3 is 10.3 Å². The van der Waals surface area contributed by atoms with Crippen molar-refractivity contribution in [1.29, 1.82) is 0 Å². The second kappa shape index (κ2) is 5.24. The van der Waals surface area contributed by atoms with Gasteiger partial charge in [0, 0.05) is 14.8 Å². The van der Waals surface area contributed by atoms with Crippen LogP contribution in [0, 0.1) is 10.5 Å². The number of nitrogen functional groups attached to an aromatic ring is 1. The lowest BCUT2D eigenvalue weighted by atomic mass is 10.1. The van der Waals surface area contributed by atoms with Gasteiger partial charge in [-0.15, -0.1) is 0 Å². The summed E-state index contributed by atoms with van der Waals surface area (Å²) in [6.45, 7) is 2.04. The molecule has 0 saturated carbocycles. The number of benzene rings is 2. The van der Waals surface area contributed by atoms with Crippen LogP contribution >= 0.6 is 22.6 Å². The van der Waals surface area contributed by atoms with E-state index in [1.54, 1.807) is 0 Å². The molecule has 1 aromatic heterocycles. The van der Waals surface area contributed by atoms with Crippen LogP contribution < -0.4 is 5.73 Å². The third-order valence-corrected chi connectivity index (χ3v) is 3.65. The molecule has 2 N–H and O–H groups in total. The van der Waals surface area contributed by atoms with Gasteiger partial charge in [-0.1, -0.05) is 35.0 Å². The van der Waals surface area contributed by atoms with Gasteiger partial charge >= 0.3 is 0 Å². The maximum Gasteiger partial charge on any atom is 0.260 e. The van der Waals surface area contributed by atoms with Crippen molar-refractivity contribution in [3.63, 3.8) is 0 Å². The first kappa shape index (κ1) is 13.1. The molecule has 0 aliphatic carbocycles. The molecular formula is C15H12IN3O. The van der Waals surface area contributed by atoms with Crippen LogP contribution in [-0.4, -0.2) is 10.1 Å². The summed E-state index contributed by atoms with van der Waals surface area (Å²) in [4.78, 5) is 4.42. The Labute approximate surface area is 130 Å². The van der Waals surface area contributed by atoms with E-state index in [1.807, 2.05) is 49.4 Å². The van der Waals surface area contributed by atoms with Crippen molar-refractivity contribution in [3.05, 3.63) is 51.6 Å². The Balaban J connectivity index is 2.01. The van der Waals surface area contributed by atoms with Crippen LogP contribution in [0.3, 0.4) is 0 Å². The summed E-state index contributed by atoms with van der Waals surface area (Å²) in [6, 6.07) is 13.7. The number of nitrogens with two attached hydrogens (primary N) is 1. The van der Waals surface area contributed by atoms with Crippen LogP contribution in [0.25, 0.3) is 22.8 Å². The predicted octanol–water partition coefficient (Wildman–Crippen LogP) is 3.90. The molecule has 0 aliphatic rings. The van der Waals surface area contributed by atoms with Gasteiger partial charge in [-0.3, -0.25) is 0 Å². The smallest absolute Gasteiger partial charge is 0.260 e. The summed E-state index contributed by atoms with van der Waals surface area (Å²) >= 11 is 2.23. The van der Waals surface area contributed by atoms with Crippen LogP contribution in [0.2, 0.25) is 0 Å². The van der Waals surface area contributed by atoms with E-state index >= 15 is 0 Å². The van der Waals surface area contributed by atoms with Crippen LogP contribution in [-0.2, 0) is 0 Å². The van der Waals surface area contributed by atoms with E-state index in [1.165, 1.54) is 5.56 Å². The zero-order valence-corrected chi connectivity index (χ0v) is 13.0. The first-order chi connectivity index (χ1) is 9.63. The Hall–Kier alpha value is -1.89. The van der Waals surface area contributed by atoms with Crippen molar-refractivity contribution >= 4 is 28.3 Å². The van der Waals surface area contributed by atoms with Crippen molar-refractivity contribution in [2.45, 2.75) is 6.92 Å². The minimum absolute atomic E-state index is 0.441. The molecule has 2 aromatic carbocycles. The van der Waals surface area contributed by atoms with Gasteiger partial charge in [0.1, 0.15) is 0 Å². The fourth-order valence-electron chi connectivity index (χ4n) is 1.87. The molecule has 3 rings (SSSR count). The number of nitrogens with zero attached hydrogens (tertiary/aromatic N) is 2. The first-order valence-corrected chi connectivity index (χ1v) is 7.17. The van der Waals surface area contributed by atoms with Crippen molar-refractivity contribution in [2.24, 2.45) is 0 Å². The molecular weight excluding hydrogens is 365 g/mol. The van der Waals surface area contributed by atoms with Gasteiger partial charge in [-0.05, 0) is 47.7 Å². The summed E-state index contributed by atoms with van der Waals surface area (Å²) in [5, 5.41) is 4.02. The molecule has 4 nitrogen and oxygen atoms in total. The zero-order valence-electron chi connectivity index (χ0n) is 10.8. The molecule has 20 heavy (non-hydrogen) atoms. The lowest BCUT2D eigenvalue weighted by Crippen LogP contribution is -1.91. The Morgan fingerprint density at radius 1 is 1.10 bits per heavy atom. The van der Waals surface area contributed by atoms with E-state index in [0.717, 1.165) is 14.7 Å². The molecule has 0 saturated heterocycles. The molecule has 0 radical (unpaired) electrons. The van der Waals surface area contributed by atoms with E-state index < -0.39 is 0 Å². The topological polar surface area (TPSA) is 64.9 Å². The fourth-order valence-corrected chi connectivity index (χ4v) is 2.36. The molecule has 0 amide bonds. The van der Waals surface area contributed by atoms with Crippen molar-refractivity contribution in [2.75, 3.05) is 5.73 Å². The number of aromatic nitrogens is 2. The molecule has 0 spiro atoms. The second-order valence-corrected chi connectivity index (χ2v) is 5.77. The standard InChI is InChI=1S/C15H12IN3O/c1-9-2-4-10(5-3-9)14-18-15(20-19-14)12-8-11(16)6-7-13(12)17/h2-8H,17H2,1H3. The van der Waals surface area contributed by atoms with E-state index in [4.69, 9.17) is 10.3 Å². The van der Waals surface area contributed by atoms with Crippen molar-refractivity contribution in [3.8, 4) is 22.8 Å². The molecule has 0 bridgehead atoms. The number of rotatable bonds is 2. The highest BCUT2D eigenvalue weighted by Gasteiger charge is 2.13. The molecule has 0 atom stereocenters. The molecule has 1 heterocycles. The van der Waals surface area contributed by atoms with Crippen LogP contribution in [0.4, 0.5) is 5.69 Å². The van der Waals surface area contributed by atoms with Gasteiger partial charge in [-0.2, -0.15) is 4.98 Å². The number of aryl methyl sites for hydroxylation is 1. The molecule has 100 valence electrons. The lowest BCUT2D eigenvalue weighted by Gasteiger charge is -2.00. The quantitative estimate of drug-likeness (QED) is 0.544. The predicted molar refractivity (Wildman–Crippen MR) is 87.0 cm³/mol. The van der Waals surface area contributed by atoms with Crippen LogP contribution in [0.15, 0.2) is 47.0 Å². The molecule has 5 heteroatoms. The summed E-state index contributed by atoms with van der Waals surface area (Å²) in [6.07, 6.45) is 0. The van der Waals surface area contributed by atoms with Gasteiger partial charge in [0.25, 0.3) is 5.89 Å². The molecule has 0 aliphatic heterocycles. The summed E-state index contributed by atoms with van der Waals surface area (Å²) < 4.78 is 6.40. The fraction of sp³-hybridized carbons (Fsp3) is 0.0667. The third kappa shape index (κ3) is 2.53. The number of halogens is 1. The number of hydrogen-bond donors (Lipinski definition) is 1. The second-order valence-electron chi connectivity index (χ2n) is 4.52. The minimum atomic E-state index is 0.441. The highest BCUT2D eigenvalue weighted by molar-refractivity contribution is 14.1. The maximum atomic E-state index is 5.96. The third-order valence-electron chi connectivity index (χ3n) is 2.98. The van der Waals surface area contributed by atoms with E-state index in [0.29, 0.717) is 17.4 Å². The Morgan fingerprint density at radius 3 is 2.60 bits per heavy atom. The molecule has 0 fully saturated rings. The Kier molecular flexibility index (Phi) is 3.43. The maximum absolute atomic E-state index is 5.96. The Bertz CT molecular complexity index is 750. The van der Waals surface area contributed by atoms with Gasteiger partial charge in [0.15, 0.2) is 0 Å². The lowest BCUT2D eigenvalue weighted by molar-refractivity contribution is 0.432. The van der Waals surface area contributed by atoms with Gasteiger partial charge in [0.2, 0.25) is 5.82 Å². The molecule has 0 unspecified atom stereocenters. The summed E-state index contributed by atoms with van der Waals surface area (Å²) in [5.74, 6) is 1.01. The minimum Gasteiger partial charge on any atom is -0.398 e. The Morgan fingerprint density at radius 2 is 1.85 bits per heavy atom. The number of anilines is 1. The van der Waals surface area contributed by atoms with Crippen molar-refractivity contribution < 1.29 is 4.52 Å².